The molecule has 0 radical (unpaired) electrons. The quantitative estimate of drug-likeness (QED) is 0.619. The van der Waals surface area contributed by atoms with Gasteiger partial charge in [0, 0.05) is 4.90 Å². The molecule has 0 N–H and O–H groups in total. The van der Waals surface area contributed by atoms with Gasteiger partial charge in [0.25, 0.3) is 0 Å². The van der Waals surface area contributed by atoms with Crippen molar-refractivity contribution < 1.29 is 13.2 Å². The number of hydrogen-bond donors (Lipinski definition) is 0. The van der Waals surface area contributed by atoms with E-state index in [4.69, 9.17) is 11.6 Å². The van der Waals surface area contributed by atoms with E-state index in [2.05, 4.69) is 0 Å². The van der Waals surface area contributed by atoms with Crippen LogP contribution < -0.4 is 0 Å². The molecule has 15 heavy (non-hydrogen) atoms. The first-order valence-electron chi connectivity index (χ1n) is 4.15. The Morgan fingerprint density at radius 3 is 2.53 bits per heavy atom. The summed E-state index contributed by atoms with van der Waals surface area (Å²) in [6, 6.07) is 6.86. The van der Waals surface area contributed by atoms with Gasteiger partial charge >= 0.3 is 6.18 Å². The number of benzene rings is 1. The summed E-state index contributed by atoms with van der Waals surface area (Å²) >= 11 is 6.15. The highest BCUT2D eigenvalue weighted by Crippen LogP contribution is 2.52. The monoisotopic (exact) mass is 250 g/mol. The Balaban J connectivity index is 2.42. The third-order valence-electron chi connectivity index (χ3n) is 2.04. The van der Waals surface area contributed by atoms with Gasteiger partial charge in [-0.3, -0.25) is 0 Å². The zero-order chi connectivity index (χ0) is 11.1. The molecule has 0 nitrogen and oxygen atoms in total. The van der Waals surface area contributed by atoms with Gasteiger partial charge in [-0.1, -0.05) is 47.6 Å². The Morgan fingerprint density at radius 2 is 1.87 bits per heavy atom. The fraction of sp³-hybridized carbons (Fsp3) is 0.200. The third kappa shape index (κ3) is 1.88. The first kappa shape index (κ1) is 10.9. The van der Waals surface area contributed by atoms with Gasteiger partial charge in [0.15, 0.2) is 0 Å². The predicted octanol–water partition coefficient (Wildman–Crippen LogP) is 4.30. The molecule has 0 spiro atoms. The van der Waals surface area contributed by atoms with Gasteiger partial charge in [0.1, 0.15) is 0 Å². The van der Waals surface area contributed by atoms with Crippen molar-refractivity contribution in [3.8, 4) is 0 Å². The fourth-order valence-corrected chi connectivity index (χ4v) is 2.54. The highest BCUT2D eigenvalue weighted by atomic mass is 35.5. The molecular weight excluding hydrogens is 245 g/mol. The Morgan fingerprint density at radius 1 is 1.20 bits per heavy atom. The molecule has 1 aromatic rings. The maximum absolute atomic E-state index is 12.6. The maximum Gasteiger partial charge on any atom is 0.420 e. The average molecular weight is 251 g/mol. The normalized spacial score (nSPS) is 25.1. The van der Waals surface area contributed by atoms with Crippen molar-refractivity contribution in [2.24, 2.45) is 0 Å². The molecule has 0 aromatic heterocycles. The number of fused-ring (bicyclic) bond motifs is 1. The van der Waals surface area contributed by atoms with Crippen LogP contribution in [-0.4, -0.2) is 10.4 Å². The molecule has 0 amide bonds. The predicted molar refractivity (Wildman–Crippen MR) is 56.0 cm³/mol. The zero-order valence-corrected chi connectivity index (χ0v) is 8.96. The number of alkyl halides is 4. The van der Waals surface area contributed by atoms with E-state index in [1.807, 2.05) is 0 Å². The van der Waals surface area contributed by atoms with Gasteiger partial charge < -0.3 is 0 Å². The van der Waals surface area contributed by atoms with Gasteiger partial charge in [0.05, 0.1) is 0 Å². The molecule has 80 valence electrons. The lowest BCUT2D eigenvalue weighted by molar-refractivity contribution is -0.129. The smallest absolute Gasteiger partial charge is 0.168 e. The van der Waals surface area contributed by atoms with Gasteiger partial charge in [-0.25, -0.2) is 0 Å². The lowest BCUT2D eigenvalue weighted by atomic mass is 10.2. The van der Waals surface area contributed by atoms with Crippen LogP contribution in [0.2, 0.25) is 0 Å². The topological polar surface area (TPSA) is 0 Å². The molecule has 5 heteroatoms. The standard InChI is InChI=1S/C10H6ClF3S/c11-9(10(12,13)14)6-5-7-3-1-2-4-8(7)15-9/h1-6H. The van der Waals surface area contributed by atoms with E-state index >= 15 is 0 Å². The second-order valence-electron chi connectivity index (χ2n) is 3.12. The SMILES string of the molecule is FC(F)(F)C1(Cl)C=Cc2ccccc2S1. The van der Waals surface area contributed by atoms with Crippen LogP contribution in [0.5, 0.6) is 0 Å². The van der Waals surface area contributed by atoms with E-state index in [-0.39, 0.29) is 0 Å². The van der Waals surface area contributed by atoms with Gasteiger partial charge in [-0.15, -0.1) is 0 Å². The second-order valence-corrected chi connectivity index (χ2v) is 5.22. The van der Waals surface area contributed by atoms with Gasteiger partial charge in [-0.2, -0.15) is 13.2 Å². The van der Waals surface area contributed by atoms with E-state index in [1.165, 1.54) is 6.08 Å². The maximum atomic E-state index is 12.6. The highest BCUT2D eigenvalue weighted by molar-refractivity contribution is 8.02. The minimum absolute atomic E-state index is 0.548. The van der Waals surface area contributed by atoms with Crippen molar-refractivity contribution in [3.05, 3.63) is 35.9 Å². The summed E-state index contributed by atoms with van der Waals surface area (Å²) in [5.41, 5.74) is 0.767. The Bertz CT molecular complexity index is 413. The molecule has 0 saturated carbocycles. The summed E-state index contributed by atoms with van der Waals surface area (Å²) in [5, 5.41) is 0. The van der Waals surface area contributed by atoms with Crippen LogP contribution >= 0.6 is 23.4 Å². The Hall–Kier alpha value is -0.610. The van der Waals surface area contributed by atoms with Gasteiger partial charge in [-0.05, 0) is 17.7 Å². The molecule has 1 unspecified atom stereocenters. The van der Waals surface area contributed by atoms with Crippen LogP contribution in [0.1, 0.15) is 5.56 Å². The summed E-state index contributed by atoms with van der Waals surface area (Å²) in [5.74, 6) is 0. The van der Waals surface area contributed by atoms with Crippen molar-refractivity contribution in [1.82, 2.24) is 0 Å². The molecule has 1 heterocycles. The average Bonchev–Trinajstić information content (AvgIpc) is 2.16. The zero-order valence-electron chi connectivity index (χ0n) is 7.38. The molecular formula is C10H6ClF3S. The lowest BCUT2D eigenvalue weighted by Gasteiger charge is -2.29. The second kappa shape index (κ2) is 3.46. The minimum Gasteiger partial charge on any atom is -0.168 e. The number of halogens is 4. The van der Waals surface area contributed by atoms with Crippen molar-refractivity contribution >= 4 is 29.4 Å². The number of thioether (sulfide) groups is 1. The Kier molecular flexibility index (Phi) is 2.51. The molecule has 0 saturated heterocycles. The highest BCUT2D eigenvalue weighted by Gasteiger charge is 2.54. The summed E-state index contributed by atoms with van der Waals surface area (Å²) in [6.45, 7) is 0. The van der Waals surface area contributed by atoms with Crippen molar-refractivity contribution in [2.75, 3.05) is 0 Å². The molecule has 1 aromatic carbocycles. The fourth-order valence-electron chi connectivity index (χ4n) is 1.25. The van der Waals surface area contributed by atoms with Crippen LogP contribution in [0.25, 0.3) is 6.08 Å². The van der Waals surface area contributed by atoms with E-state index < -0.39 is 10.4 Å². The van der Waals surface area contributed by atoms with Crippen molar-refractivity contribution in [3.63, 3.8) is 0 Å². The van der Waals surface area contributed by atoms with E-state index in [1.54, 1.807) is 24.3 Å². The summed E-state index contributed by atoms with van der Waals surface area (Å²) in [6.07, 6.45) is -2.06. The van der Waals surface area contributed by atoms with Crippen LogP contribution in [0.15, 0.2) is 35.2 Å². The van der Waals surface area contributed by atoms with E-state index in [0.717, 1.165) is 11.6 Å². The molecule has 1 atom stereocenters. The summed E-state index contributed by atoms with van der Waals surface area (Å²) in [7, 11) is 0. The minimum atomic E-state index is -4.46. The lowest BCUT2D eigenvalue weighted by Crippen LogP contribution is -2.35. The van der Waals surface area contributed by atoms with Gasteiger partial charge in [0.2, 0.25) is 4.21 Å². The number of hydrogen-bond acceptors (Lipinski definition) is 1. The van der Waals surface area contributed by atoms with Crippen LogP contribution in [0, 0.1) is 0 Å². The molecule has 1 aliphatic rings. The number of rotatable bonds is 0. The van der Waals surface area contributed by atoms with Crippen molar-refractivity contribution in [1.29, 1.82) is 0 Å². The van der Waals surface area contributed by atoms with Crippen LogP contribution in [0.3, 0.4) is 0 Å². The molecule has 0 bridgehead atoms. The van der Waals surface area contributed by atoms with E-state index in [9.17, 15) is 13.2 Å². The molecule has 0 fully saturated rings. The Labute approximate surface area is 94.1 Å². The third-order valence-corrected chi connectivity index (χ3v) is 3.87. The van der Waals surface area contributed by atoms with Crippen LogP contribution in [-0.2, 0) is 0 Å². The van der Waals surface area contributed by atoms with Crippen molar-refractivity contribution in [2.45, 2.75) is 15.3 Å². The first-order chi connectivity index (χ1) is 6.92. The van der Waals surface area contributed by atoms with Crippen LogP contribution in [0.4, 0.5) is 13.2 Å². The first-order valence-corrected chi connectivity index (χ1v) is 5.35. The largest absolute Gasteiger partial charge is 0.420 e. The molecule has 1 aliphatic heterocycles. The van der Waals surface area contributed by atoms with E-state index in [0.29, 0.717) is 16.7 Å². The summed E-state index contributed by atoms with van der Waals surface area (Å²) in [4.78, 5) is 0.548. The molecule has 2 rings (SSSR count). The summed E-state index contributed by atoms with van der Waals surface area (Å²) < 4.78 is 35.5. The molecule has 0 aliphatic carbocycles.